The first-order valence-electron chi connectivity index (χ1n) is 8.94. The molecular weight excluding hydrogens is 423 g/mol. The van der Waals surface area contributed by atoms with Crippen LogP contribution in [0.1, 0.15) is 16.4 Å². The van der Waals surface area contributed by atoms with Crippen LogP contribution in [0.3, 0.4) is 0 Å². The van der Waals surface area contributed by atoms with Gasteiger partial charge in [-0.2, -0.15) is 0 Å². The summed E-state index contributed by atoms with van der Waals surface area (Å²) in [5, 5.41) is 14.7. The summed E-state index contributed by atoms with van der Waals surface area (Å²) in [5.41, 5.74) is 1.68. The second-order valence-corrected chi connectivity index (χ2v) is 9.33. The standard InChI is InChI=1S/C20H21N4O4PS/c1-27-29(26,28-2)18(22-17(25)14-13-15-9-5-3-6-10-15)19-23-24-20(30-19)21-16-11-7-4-8-12-16/h3-14,18H,1-2H3,(H,21,24)(H,22,25)/b14-13+/t18-/m0/s1. The molecule has 3 aromatic rings. The number of anilines is 2. The molecule has 10 heteroatoms. The lowest BCUT2D eigenvalue weighted by Gasteiger charge is -2.22. The van der Waals surface area contributed by atoms with Gasteiger partial charge in [0, 0.05) is 26.0 Å². The molecule has 156 valence electrons. The second-order valence-electron chi connectivity index (χ2n) is 6.00. The van der Waals surface area contributed by atoms with Crippen LogP contribution in [0.15, 0.2) is 66.7 Å². The number of rotatable bonds is 9. The Kier molecular flexibility index (Phi) is 7.48. The molecule has 1 atom stereocenters. The summed E-state index contributed by atoms with van der Waals surface area (Å²) < 4.78 is 23.3. The Morgan fingerprint density at radius 1 is 1.03 bits per heavy atom. The van der Waals surface area contributed by atoms with E-state index in [1.54, 1.807) is 6.08 Å². The molecule has 1 heterocycles. The maximum absolute atomic E-state index is 13.1. The summed E-state index contributed by atoms with van der Waals surface area (Å²) in [7, 11) is -1.20. The van der Waals surface area contributed by atoms with Gasteiger partial charge in [-0.1, -0.05) is 59.9 Å². The molecule has 0 saturated carbocycles. The lowest BCUT2D eigenvalue weighted by Crippen LogP contribution is -2.27. The fraction of sp³-hybridized carbons (Fsp3) is 0.150. The highest BCUT2D eigenvalue weighted by atomic mass is 32.1. The van der Waals surface area contributed by atoms with Crippen LogP contribution in [-0.2, 0) is 18.4 Å². The molecule has 0 fully saturated rings. The SMILES string of the molecule is COP(=O)(OC)[C@H](NC(=O)/C=C/c1ccccc1)c1nnc(Nc2ccccc2)s1. The smallest absolute Gasteiger partial charge is 0.333 e. The number of hydrogen-bond acceptors (Lipinski definition) is 8. The third kappa shape index (κ3) is 5.61. The third-order valence-electron chi connectivity index (χ3n) is 4.03. The molecule has 2 N–H and O–H groups in total. The second kappa shape index (κ2) is 10.3. The van der Waals surface area contributed by atoms with E-state index in [2.05, 4.69) is 20.8 Å². The number of benzene rings is 2. The molecule has 0 aliphatic rings. The quantitative estimate of drug-likeness (QED) is 0.367. The van der Waals surface area contributed by atoms with Gasteiger partial charge in [-0.3, -0.25) is 9.36 Å². The number of amides is 1. The predicted octanol–water partition coefficient (Wildman–Crippen LogP) is 4.60. The summed E-state index contributed by atoms with van der Waals surface area (Å²) in [5.74, 6) is -1.57. The number of carbonyl (C=O) groups excluding carboxylic acids is 1. The van der Waals surface area contributed by atoms with Crippen LogP contribution < -0.4 is 10.6 Å². The molecule has 3 rings (SSSR count). The van der Waals surface area contributed by atoms with E-state index in [9.17, 15) is 9.36 Å². The van der Waals surface area contributed by atoms with Gasteiger partial charge in [-0.05, 0) is 23.8 Å². The molecule has 1 aromatic heterocycles. The van der Waals surface area contributed by atoms with Crippen LogP contribution in [0.4, 0.5) is 10.8 Å². The van der Waals surface area contributed by atoms with Crippen molar-refractivity contribution < 1.29 is 18.4 Å². The third-order valence-corrected chi connectivity index (χ3v) is 7.13. The molecular formula is C20H21N4O4PS. The van der Waals surface area contributed by atoms with Crippen LogP contribution in [0.25, 0.3) is 6.08 Å². The number of aromatic nitrogens is 2. The van der Waals surface area contributed by atoms with Crippen molar-refractivity contribution >= 4 is 41.7 Å². The summed E-state index contributed by atoms with van der Waals surface area (Å²) in [6.07, 6.45) is 3.00. The van der Waals surface area contributed by atoms with Crippen molar-refractivity contribution in [1.29, 1.82) is 0 Å². The van der Waals surface area contributed by atoms with Crippen molar-refractivity contribution in [3.05, 3.63) is 77.3 Å². The highest BCUT2D eigenvalue weighted by Crippen LogP contribution is 2.59. The zero-order valence-corrected chi connectivity index (χ0v) is 18.1. The summed E-state index contributed by atoms with van der Waals surface area (Å²) in [6, 6.07) is 18.8. The van der Waals surface area contributed by atoms with Crippen molar-refractivity contribution in [3.63, 3.8) is 0 Å². The minimum atomic E-state index is -3.72. The van der Waals surface area contributed by atoms with Gasteiger partial charge in [0.1, 0.15) is 0 Å². The first kappa shape index (κ1) is 21.9. The minimum Gasteiger partial charge on any atom is -0.333 e. The predicted molar refractivity (Wildman–Crippen MR) is 118 cm³/mol. The van der Waals surface area contributed by atoms with E-state index in [-0.39, 0.29) is 0 Å². The van der Waals surface area contributed by atoms with E-state index in [1.165, 1.54) is 20.3 Å². The van der Waals surface area contributed by atoms with Crippen molar-refractivity contribution in [2.45, 2.75) is 5.78 Å². The number of nitrogens with zero attached hydrogens (tertiary/aromatic N) is 2. The fourth-order valence-corrected chi connectivity index (χ4v) is 4.95. The topological polar surface area (TPSA) is 102 Å². The lowest BCUT2D eigenvalue weighted by molar-refractivity contribution is -0.116. The van der Waals surface area contributed by atoms with Crippen LogP contribution in [0.5, 0.6) is 0 Å². The highest BCUT2D eigenvalue weighted by molar-refractivity contribution is 7.54. The molecule has 8 nitrogen and oxygen atoms in total. The highest BCUT2D eigenvalue weighted by Gasteiger charge is 2.39. The van der Waals surface area contributed by atoms with E-state index >= 15 is 0 Å². The van der Waals surface area contributed by atoms with Gasteiger partial charge in [0.25, 0.3) is 0 Å². The van der Waals surface area contributed by atoms with Crippen LogP contribution in [0.2, 0.25) is 0 Å². The van der Waals surface area contributed by atoms with E-state index in [0.717, 1.165) is 22.6 Å². The Labute approximate surface area is 178 Å². The summed E-state index contributed by atoms with van der Waals surface area (Å²) >= 11 is 1.15. The van der Waals surface area contributed by atoms with Gasteiger partial charge in [-0.25, -0.2) is 0 Å². The molecule has 0 radical (unpaired) electrons. The molecule has 0 spiro atoms. The number of hydrogen-bond donors (Lipinski definition) is 2. The van der Waals surface area contributed by atoms with Crippen molar-refractivity contribution in [1.82, 2.24) is 15.5 Å². The molecule has 1 amide bonds. The number of carbonyl (C=O) groups is 1. The molecule has 2 aromatic carbocycles. The van der Waals surface area contributed by atoms with Crippen LogP contribution in [-0.4, -0.2) is 30.3 Å². The first-order valence-corrected chi connectivity index (χ1v) is 11.4. The Morgan fingerprint density at radius 3 is 2.30 bits per heavy atom. The maximum Gasteiger partial charge on any atom is 0.359 e. The summed E-state index contributed by atoms with van der Waals surface area (Å²) in [6.45, 7) is 0. The Balaban J connectivity index is 1.80. The van der Waals surface area contributed by atoms with Gasteiger partial charge in [0.15, 0.2) is 10.8 Å². The fourth-order valence-electron chi connectivity index (χ4n) is 2.52. The average Bonchev–Trinajstić information content (AvgIpc) is 3.25. The van der Waals surface area contributed by atoms with Gasteiger partial charge in [0.2, 0.25) is 11.0 Å². The van der Waals surface area contributed by atoms with Gasteiger partial charge >= 0.3 is 7.60 Å². The van der Waals surface area contributed by atoms with E-state index in [4.69, 9.17) is 9.05 Å². The monoisotopic (exact) mass is 444 g/mol. The Hall–Kier alpha value is -2.84. The van der Waals surface area contributed by atoms with Gasteiger partial charge in [-0.15, -0.1) is 10.2 Å². The Bertz CT molecular complexity index is 1040. The normalized spacial score (nSPS) is 12.6. The molecule has 0 aliphatic heterocycles. The van der Waals surface area contributed by atoms with Crippen molar-refractivity contribution in [2.24, 2.45) is 0 Å². The average molecular weight is 444 g/mol. The van der Waals surface area contributed by atoms with E-state index in [1.807, 2.05) is 60.7 Å². The molecule has 0 bridgehead atoms. The first-order chi connectivity index (χ1) is 14.5. The van der Waals surface area contributed by atoms with E-state index < -0.39 is 19.3 Å². The molecule has 0 unspecified atom stereocenters. The largest absolute Gasteiger partial charge is 0.359 e. The molecule has 0 saturated heterocycles. The van der Waals surface area contributed by atoms with Crippen molar-refractivity contribution in [2.75, 3.05) is 19.5 Å². The molecule has 30 heavy (non-hydrogen) atoms. The van der Waals surface area contributed by atoms with Gasteiger partial charge < -0.3 is 19.7 Å². The maximum atomic E-state index is 13.1. The lowest BCUT2D eigenvalue weighted by atomic mass is 10.2. The van der Waals surface area contributed by atoms with Crippen LogP contribution in [0, 0.1) is 0 Å². The zero-order chi connectivity index (χ0) is 21.4. The molecule has 0 aliphatic carbocycles. The zero-order valence-electron chi connectivity index (χ0n) is 16.4. The van der Waals surface area contributed by atoms with E-state index in [0.29, 0.717) is 10.1 Å². The van der Waals surface area contributed by atoms with Crippen LogP contribution >= 0.6 is 18.9 Å². The van der Waals surface area contributed by atoms with Crippen molar-refractivity contribution in [3.8, 4) is 0 Å². The van der Waals surface area contributed by atoms with Gasteiger partial charge in [0.05, 0.1) is 0 Å². The summed E-state index contributed by atoms with van der Waals surface area (Å²) in [4.78, 5) is 12.5. The number of para-hydroxylation sites is 1. The minimum absolute atomic E-state index is 0.293. The number of nitrogens with one attached hydrogen (secondary N) is 2. The Morgan fingerprint density at radius 2 is 1.67 bits per heavy atom.